The number of aliphatic hydroxyl groups is 1. The van der Waals surface area contributed by atoms with E-state index in [0.29, 0.717) is 44.7 Å². The quantitative estimate of drug-likeness (QED) is 0.390. The van der Waals surface area contributed by atoms with Crippen molar-refractivity contribution in [3.63, 3.8) is 0 Å². The van der Waals surface area contributed by atoms with Crippen molar-refractivity contribution in [2.75, 3.05) is 26.9 Å². The van der Waals surface area contributed by atoms with Crippen LogP contribution in [0.4, 0.5) is 4.79 Å². The molecule has 3 aliphatic heterocycles. The molecule has 0 spiro atoms. The number of carbonyl (C=O) groups is 1. The number of aliphatic hydroxyl groups excluding tert-OH is 1. The topological polar surface area (TPSA) is 109 Å². The van der Waals surface area contributed by atoms with Crippen molar-refractivity contribution in [2.24, 2.45) is 0 Å². The second-order valence-corrected chi connectivity index (χ2v) is 12.0. The molecule has 6 unspecified atom stereocenters. The Morgan fingerprint density at radius 1 is 1.10 bits per heavy atom. The minimum absolute atomic E-state index is 0.140. The summed E-state index contributed by atoms with van der Waals surface area (Å²) >= 11 is 0. The Morgan fingerprint density at radius 2 is 1.82 bits per heavy atom. The molecule has 0 aromatic heterocycles. The predicted molar refractivity (Wildman–Crippen MR) is 148 cm³/mol. The summed E-state index contributed by atoms with van der Waals surface area (Å²) < 4.78 is 32.3. The first-order valence-electron chi connectivity index (χ1n) is 13.8. The first kappa shape index (κ1) is 28.0. The molecule has 0 radical (unpaired) electrons. The van der Waals surface area contributed by atoms with Gasteiger partial charge in [0, 0.05) is 31.1 Å². The van der Waals surface area contributed by atoms with Crippen LogP contribution >= 0.6 is 0 Å². The highest BCUT2D eigenvalue weighted by Gasteiger charge is 2.42. The van der Waals surface area contributed by atoms with Crippen molar-refractivity contribution in [2.45, 2.75) is 79.8 Å². The number of fused-ring (bicyclic) bond motifs is 2. The lowest BCUT2D eigenvalue weighted by Crippen LogP contribution is -2.55. The Balaban J connectivity index is 1.18. The molecule has 0 saturated carbocycles. The van der Waals surface area contributed by atoms with Gasteiger partial charge in [-0.1, -0.05) is 30.3 Å². The van der Waals surface area contributed by atoms with Gasteiger partial charge in [0.1, 0.15) is 22.8 Å². The van der Waals surface area contributed by atoms with Gasteiger partial charge in [0.05, 0.1) is 37.4 Å². The molecule has 6 atom stereocenters. The van der Waals surface area contributed by atoms with Crippen molar-refractivity contribution < 1.29 is 28.3 Å². The number of hydrogen-bond donors (Lipinski definition) is 3. The summed E-state index contributed by atoms with van der Waals surface area (Å²) in [5.41, 5.74) is 1.04. The first-order valence-corrected chi connectivity index (χ1v) is 15.0. The highest BCUT2D eigenvalue weighted by atomic mass is 32.2. The molecular formula is C29H39N3O6S. The zero-order chi connectivity index (χ0) is 27.2. The summed E-state index contributed by atoms with van der Waals surface area (Å²) in [5.74, 6) is 0.738. The highest BCUT2D eigenvalue weighted by molar-refractivity contribution is 7.83. The van der Waals surface area contributed by atoms with Crippen LogP contribution in [0, 0.1) is 0 Å². The summed E-state index contributed by atoms with van der Waals surface area (Å²) in [7, 11) is 0.315. The Labute approximate surface area is 232 Å². The van der Waals surface area contributed by atoms with Crippen LogP contribution in [0.2, 0.25) is 0 Å². The monoisotopic (exact) mass is 557 g/mol. The second-order valence-electron chi connectivity index (χ2n) is 10.7. The van der Waals surface area contributed by atoms with Gasteiger partial charge in [0.15, 0.2) is 0 Å². The molecule has 39 heavy (non-hydrogen) atoms. The van der Waals surface area contributed by atoms with E-state index in [4.69, 9.17) is 14.2 Å². The molecule has 0 aliphatic carbocycles. The molecule has 3 heterocycles. The molecule has 2 aromatic carbocycles. The van der Waals surface area contributed by atoms with Crippen molar-refractivity contribution in [3.8, 4) is 5.75 Å². The Kier molecular flexibility index (Phi) is 9.52. The van der Waals surface area contributed by atoms with Gasteiger partial charge in [-0.25, -0.2) is 13.7 Å². The lowest BCUT2D eigenvalue weighted by Gasteiger charge is -2.41. The minimum atomic E-state index is -1.30. The van der Waals surface area contributed by atoms with E-state index in [1.807, 2.05) is 54.6 Å². The molecule has 2 aromatic rings. The summed E-state index contributed by atoms with van der Waals surface area (Å²) in [4.78, 5) is 15.8. The molecular weight excluding hydrogens is 518 g/mol. The van der Waals surface area contributed by atoms with Crippen LogP contribution in [0.5, 0.6) is 5.75 Å². The zero-order valence-corrected chi connectivity index (χ0v) is 23.2. The van der Waals surface area contributed by atoms with Crippen molar-refractivity contribution in [1.29, 1.82) is 0 Å². The normalized spacial score (nSPS) is 27.0. The van der Waals surface area contributed by atoms with E-state index in [1.165, 1.54) is 0 Å². The van der Waals surface area contributed by atoms with Gasteiger partial charge >= 0.3 is 6.09 Å². The smallest absolute Gasteiger partial charge is 0.407 e. The third kappa shape index (κ3) is 7.37. The molecule has 10 heteroatoms. The van der Waals surface area contributed by atoms with Gasteiger partial charge in [0.2, 0.25) is 0 Å². The van der Waals surface area contributed by atoms with Crippen LogP contribution in [-0.2, 0) is 26.9 Å². The Hall–Kier alpha value is -2.50. The number of nitrogens with one attached hydrogen (secondary N) is 2. The van der Waals surface area contributed by atoms with Gasteiger partial charge in [-0.3, -0.25) is 4.90 Å². The highest BCUT2D eigenvalue weighted by Crippen LogP contribution is 2.36. The van der Waals surface area contributed by atoms with E-state index in [1.54, 1.807) is 7.11 Å². The SMILES string of the molecule is COc1ccc(S(=O)NC2CC3CCC(C2)N3CC(O)C(Cc2ccccc2)NC(=O)OC2CCOC2)cc1. The van der Waals surface area contributed by atoms with Gasteiger partial charge < -0.3 is 24.6 Å². The number of rotatable bonds is 11. The summed E-state index contributed by atoms with van der Waals surface area (Å²) in [6, 6.07) is 17.4. The Morgan fingerprint density at radius 3 is 2.46 bits per heavy atom. The number of methoxy groups -OCH3 is 1. The molecule has 9 nitrogen and oxygen atoms in total. The number of alkyl carbamates (subject to hydrolysis) is 1. The molecule has 3 N–H and O–H groups in total. The fourth-order valence-corrected chi connectivity index (χ4v) is 7.04. The molecule has 2 bridgehead atoms. The van der Waals surface area contributed by atoms with Gasteiger partial charge in [-0.2, -0.15) is 0 Å². The van der Waals surface area contributed by atoms with Crippen LogP contribution in [-0.4, -0.2) is 83.6 Å². The molecule has 3 saturated heterocycles. The number of hydrogen-bond acceptors (Lipinski definition) is 7. The average Bonchev–Trinajstić information content (AvgIpc) is 3.53. The van der Waals surface area contributed by atoms with Crippen molar-refractivity contribution >= 4 is 17.1 Å². The van der Waals surface area contributed by atoms with E-state index in [0.717, 1.165) is 41.9 Å². The predicted octanol–water partition coefficient (Wildman–Crippen LogP) is 2.79. The van der Waals surface area contributed by atoms with Crippen LogP contribution in [0.3, 0.4) is 0 Å². The number of piperidine rings is 1. The lowest BCUT2D eigenvalue weighted by atomic mass is 9.95. The summed E-state index contributed by atoms with van der Waals surface area (Å²) in [6.45, 7) is 1.47. The minimum Gasteiger partial charge on any atom is -0.497 e. The maximum atomic E-state index is 12.9. The van der Waals surface area contributed by atoms with Crippen LogP contribution in [0.25, 0.3) is 0 Å². The molecule has 5 rings (SSSR count). The zero-order valence-electron chi connectivity index (χ0n) is 22.4. The molecule has 212 valence electrons. The van der Waals surface area contributed by atoms with E-state index in [9.17, 15) is 14.1 Å². The van der Waals surface area contributed by atoms with Gasteiger partial charge in [0.25, 0.3) is 0 Å². The van der Waals surface area contributed by atoms with E-state index in [2.05, 4.69) is 14.9 Å². The maximum Gasteiger partial charge on any atom is 0.407 e. The number of nitrogens with zero attached hydrogens (tertiary/aromatic N) is 1. The average molecular weight is 558 g/mol. The lowest BCUT2D eigenvalue weighted by molar-refractivity contribution is 0.0307. The molecule has 3 fully saturated rings. The third-order valence-corrected chi connectivity index (χ3v) is 9.30. The largest absolute Gasteiger partial charge is 0.497 e. The third-order valence-electron chi connectivity index (χ3n) is 8.06. The van der Waals surface area contributed by atoms with E-state index < -0.39 is 29.2 Å². The van der Waals surface area contributed by atoms with Crippen LogP contribution in [0.1, 0.15) is 37.7 Å². The van der Waals surface area contributed by atoms with E-state index in [-0.39, 0.29) is 12.1 Å². The van der Waals surface area contributed by atoms with Crippen LogP contribution < -0.4 is 14.8 Å². The second kappa shape index (κ2) is 13.2. The number of benzene rings is 2. The number of amides is 1. The Bertz CT molecular complexity index is 1080. The van der Waals surface area contributed by atoms with Crippen LogP contribution in [0.15, 0.2) is 59.5 Å². The number of carbonyl (C=O) groups excluding carboxylic acids is 1. The maximum absolute atomic E-state index is 12.9. The fourth-order valence-electron chi connectivity index (χ4n) is 6.02. The van der Waals surface area contributed by atoms with Gasteiger partial charge in [-0.15, -0.1) is 0 Å². The standard InChI is InChI=1S/C29H39N3O6S/c1-36-24-9-11-26(12-10-24)39(35)31-21-16-22-7-8-23(17-21)32(22)18-28(33)27(15-20-5-3-2-4-6-20)30-29(34)38-25-13-14-37-19-25/h2-6,9-12,21-23,25,27-28,31,33H,7-8,13-19H2,1H3,(H,30,34). The first-order chi connectivity index (χ1) is 19.0. The summed E-state index contributed by atoms with van der Waals surface area (Å²) in [6.07, 6.45) is 3.50. The van der Waals surface area contributed by atoms with Gasteiger partial charge in [-0.05, 0) is 61.9 Å². The van der Waals surface area contributed by atoms with E-state index >= 15 is 0 Å². The number of ether oxygens (including phenoxy) is 3. The van der Waals surface area contributed by atoms with Crippen molar-refractivity contribution in [3.05, 3.63) is 60.2 Å². The molecule has 3 aliphatic rings. The molecule has 1 amide bonds. The summed E-state index contributed by atoms with van der Waals surface area (Å²) in [5, 5.41) is 14.3. The fraction of sp³-hybridized carbons (Fsp3) is 0.552. The van der Waals surface area contributed by atoms with Crippen molar-refractivity contribution in [1.82, 2.24) is 14.9 Å².